The minimum absolute atomic E-state index is 0.0344. The molecule has 6 atom stereocenters. The first-order valence-electron chi connectivity index (χ1n) is 10.9. The minimum Gasteiger partial charge on any atom is -0.342 e. The van der Waals surface area contributed by atoms with Gasteiger partial charge in [-0.05, 0) is 0 Å². The highest BCUT2D eigenvalue weighted by atomic mass is 16.7. The summed E-state index contributed by atoms with van der Waals surface area (Å²) in [4.78, 5) is 0. The zero-order valence-corrected chi connectivity index (χ0v) is 16.6. The van der Waals surface area contributed by atoms with Crippen LogP contribution in [0.5, 0.6) is 0 Å². The summed E-state index contributed by atoms with van der Waals surface area (Å²) in [6, 6.07) is 21.2. The molecule has 0 aliphatic carbocycles. The number of nitrogens with zero attached hydrogens (tertiary/aromatic N) is 1. The molecule has 1 spiro atoms. The third-order valence-corrected chi connectivity index (χ3v) is 7.34. The SMILES string of the molecule is c1ccc(C2OC[C@H]3[C@@H](O2)[C@@H]2OC(c4ccccc4)OC[C@@H]2[N+]32CCCC2)cc1. The molecule has 5 nitrogen and oxygen atoms in total. The average molecular weight is 394 g/mol. The lowest BCUT2D eigenvalue weighted by Crippen LogP contribution is -2.61. The van der Waals surface area contributed by atoms with Crippen molar-refractivity contribution in [3.05, 3.63) is 71.8 Å². The summed E-state index contributed by atoms with van der Waals surface area (Å²) < 4.78 is 26.8. The summed E-state index contributed by atoms with van der Waals surface area (Å²) in [5.41, 5.74) is 2.16. The van der Waals surface area contributed by atoms with Crippen molar-refractivity contribution >= 4 is 0 Å². The normalized spacial score (nSPS) is 37.9. The third-order valence-electron chi connectivity index (χ3n) is 7.34. The average Bonchev–Trinajstić information content (AvgIpc) is 3.39. The monoisotopic (exact) mass is 394 g/mol. The Morgan fingerprint density at radius 2 is 1.07 bits per heavy atom. The van der Waals surface area contributed by atoms with Crippen LogP contribution in [-0.4, -0.2) is 55.1 Å². The van der Waals surface area contributed by atoms with E-state index in [1.165, 1.54) is 25.9 Å². The molecular formula is C24H28NO4+. The quantitative estimate of drug-likeness (QED) is 0.730. The molecule has 0 aromatic heterocycles. The van der Waals surface area contributed by atoms with E-state index >= 15 is 0 Å². The summed E-state index contributed by atoms with van der Waals surface area (Å²) in [6.45, 7) is 3.79. The number of benzene rings is 2. The number of hydrogen-bond donors (Lipinski definition) is 0. The maximum Gasteiger partial charge on any atom is 0.184 e. The Hall–Kier alpha value is -1.76. The van der Waals surface area contributed by atoms with Crippen molar-refractivity contribution < 1.29 is 23.4 Å². The highest BCUT2D eigenvalue weighted by Crippen LogP contribution is 2.48. The van der Waals surface area contributed by atoms with Gasteiger partial charge < -0.3 is 23.4 Å². The van der Waals surface area contributed by atoms with Gasteiger partial charge in [-0.2, -0.15) is 0 Å². The predicted octanol–water partition coefficient (Wildman–Crippen LogP) is 3.58. The zero-order valence-electron chi connectivity index (χ0n) is 16.6. The lowest BCUT2D eigenvalue weighted by atomic mass is 10.0. The fourth-order valence-electron chi connectivity index (χ4n) is 5.99. The molecule has 152 valence electrons. The first-order valence-corrected chi connectivity index (χ1v) is 10.9. The van der Waals surface area contributed by atoms with Gasteiger partial charge in [-0.3, -0.25) is 0 Å². The second kappa shape index (κ2) is 7.18. The Morgan fingerprint density at radius 3 is 1.52 bits per heavy atom. The van der Waals surface area contributed by atoms with E-state index in [9.17, 15) is 0 Å². The van der Waals surface area contributed by atoms with Crippen LogP contribution in [0.15, 0.2) is 60.7 Å². The molecular weight excluding hydrogens is 366 g/mol. The first kappa shape index (κ1) is 18.0. The molecule has 2 aromatic carbocycles. The van der Waals surface area contributed by atoms with E-state index in [0.29, 0.717) is 12.1 Å². The smallest absolute Gasteiger partial charge is 0.184 e. The van der Waals surface area contributed by atoms with Crippen LogP contribution in [0.3, 0.4) is 0 Å². The van der Waals surface area contributed by atoms with Crippen molar-refractivity contribution in [1.29, 1.82) is 0 Å². The molecule has 5 heteroatoms. The van der Waals surface area contributed by atoms with Gasteiger partial charge in [-0.25, -0.2) is 0 Å². The lowest BCUT2D eigenvalue weighted by Gasteiger charge is -2.44. The van der Waals surface area contributed by atoms with Crippen LogP contribution in [0.1, 0.15) is 36.5 Å². The number of quaternary nitrogens is 1. The lowest BCUT2D eigenvalue weighted by molar-refractivity contribution is -0.956. The van der Waals surface area contributed by atoms with Gasteiger partial charge in [0.1, 0.15) is 37.5 Å². The van der Waals surface area contributed by atoms with Gasteiger partial charge in [-0.1, -0.05) is 60.7 Å². The maximum atomic E-state index is 6.62. The molecule has 2 unspecified atom stereocenters. The fourth-order valence-corrected chi connectivity index (χ4v) is 5.99. The van der Waals surface area contributed by atoms with Crippen molar-refractivity contribution in [3.8, 4) is 0 Å². The Labute approximate surface area is 171 Å². The van der Waals surface area contributed by atoms with E-state index in [1.54, 1.807) is 0 Å². The standard InChI is InChI=1S/C24H28NO4/c1-3-9-17(10-4-1)23-26-15-19-21(28-23)22-20(25(19)13-7-8-14-25)16-27-24(29-22)18-11-5-2-6-12-18/h1-6,9-12,19-24H,7-8,13-16H2/q+1/t19-,20-,21+,22+,23?,24?/m0/s1. The predicted molar refractivity (Wildman–Crippen MR) is 107 cm³/mol. The highest BCUT2D eigenvalue weighted by Gasteiger charge is 2.66. The molecule has 0 bridgehead atoms. The van der Waals surface area contributed by atoms with Crippen LogP contribution in [0.4, 0.5) is 0 Å². The second-order valence-corrected chi connectivity index (χ2v) is 8.75. The zero-order chi connectivity index (χ0) is 19.3. The topological polar surface area (TPSA) is 36.9 Å². The summed E-state index contributed by atoms with van der Waals surface area (Å²) >= 11 is 0. The van der Waals surface area contributed by atoms with E-state index in [0.717, 1.165) is 28.8 Å². The van der Waals surface area contributed by atoms with Gasteiger partial charge in [0.05, 0.1) is 13.1 Å². The summed E-state index contributed by atoms with van der Waals surface area (Å²) in [7, 11) is 0. The molecule has 0 radical (unpaired) electrons. The molecule has 0 amide bonds. The largest absolute Gasteiger partial charge is 0.342 e. The van der Waals surface area contributed by atoms with Gasteiger partial charge in [0.25, 0.3) is 0 Å². The molecule has 6 rings (SSSR count). The molecule has 4 fully saturated rings. The number of fused-ring (bicyclic) bond motifs is 5. The van der Waals surface area contributed by atoms with Gasteiger partial charge in [-0.15, -0.1) is 0 Å². The van der Waals surface area contributed by atoms with Crippen LogP contribution < -0.4 is 0 Å². The van der Waals surface area contributed by atoms with Gasteiger partial charge >= 0.3 is 0 Å². The Bertz CT molecular complexity index is 773. The van der Waals surface area contributed by atoms with Crippen LogP contribution in [0, 0.1) is 0 Å². The van der Waals surface area contributed by atoms with Crippen molar-refractivity contribution in [2.75, 3.05) is 26.3 Å². The summed E-state index contributed by atoms with van der Waals surface area (Å²) in [5, 5.41) is 0. The Kier molecular flexibility index (Phi) is 4.47. The van der Waals surface area contributed by atoms with E-state index in [1.807, 2.05) is 36.4 Å². The van der Waals surface area contributed by atoms with Crippen molar-refractivity contribution in [2.45, 2.75) is 49.7 Å². The molecule has 4 aliphatic heterocycles. The van der Waals surface area contributed by atoms with E-state index in [-0.39, 0.29) is 24.8 Å². The fraction of sp³-hybridized carbons (Fsp3) is 0.500. The highest BCUT2D eigenvalue weighted by molar-refractivity contribution is 5.18. The summed E-state index contributed by atoms with van der Waals surface area (Å²) in [5.74, 6) is 0. The molecule has 4 saturated heterocycles. The number of hydrogen-bond acceptors (Lipinski definition) is 4. The van der Waals surface area contributed by atoms with Crippen LogP contribution >= 0.6 is 0 Å². The van der Waals surface area contributed by atoms with Crippen molar-refractivity contribution in [1.82, 2.24) is 0 Å². The van der Waals surface area contributed by atoms with Crippen LogP contribution in [-0.2, 0) is 18.9 Å². The van der Waals surface area contributed by atoms with E-state index in [2.05, 4.69) is 24.3 Å². The van der Waals surface area contributed by atoms with Crippen LogP contribution in [0.25, 0.3) is 0 Å². The van der Waals surface area contributed by atoms with Crippen molar-refractivity contribution in [3.63, 3.8) is 0 Å². The second-order valence-electron chi connectivity index (χ2n) is 8.75. The molecule has 2 aromatic rings. The first-order chi connectivity index (χ1) is 14.4. The number of rotatable bonds is 2. The van der Waals surface area contributed by atoms with Gasteiger partial charge in [0, 0.05) is 24.0 Å². The van der Waals surface area contributed by atoms with Crippen molar-refractivity contribution in [2.24, 2.45) is 0 Å². The molecule has 0 N–H and O–H groups in total. The van der Waals surface area contributed by atoms with Crippen LogP contribution in [0.2, 0.25) is 0 Å². The number of ether oxygens (including phenoxy) is 4. The molecule has 0 saturated carbocycles. The maximum absolute atomic E-state index is 6.62. The third kappa shape index (κ3) is 2.87. The Morgan fingerprint density at radius 1 is 0.621 bits per heavy atom. The molecule has 4 heterocycles. The van der Waals surface area contributed by atoms with E-state index in [4.69, 9.17) is 18.9 Å². The molecule has 29 heavy (non-hydrogen) atoms. The van der Waals surface area contributed by atoms with Gasteiger partial charge in [0.2, 0.25) is 0 Å². The molecule has 4 aliphatic rings. The van der Waals surface area contributed by atoms with Gasteiger partial charge in [0.15, 0.2) is 12.6 Å². The van der Waals surface area contributed by atoms with E-state index < -0.39 is 0 Å². The Balaban J connectivity index is 1.31. The minimum atomic E-state index is -0.319. The summed E-state index contributed by atoms with van der Waals surface area (Å²) in [6.07, 6.45) is 1.95.